The first-order valence-electron chi connectivity index (χ1n) is 4.77. The van der Waals surface area contributed by atoms with Crippen LogP contribution in [-0.4, -0.2) is 19.6 Å². The lowest BCUT2D eigenvalue weighted by atomic mass is 10.2. The number of nitrogens with zero attached hydrogens (tertiary/aromatic N) is 3. The first kappa shape index (κ1) is 11.1. The number of rotatable bonds is 1. The van der Waals surface area contributed by atoms with Crippen molar-refractivity contribution in [3.63, 3.8) is 0 Å². The van der Waals surface area contributed by atoms with Crippen LogP contribution in [-0.2, 0) is 7.05 Å². The largest absolute Gasteiger partial charge is 0.501 e. The Hall–Kier alpha value is -2.44. The maximum atomic E-state index is 11.7. The van der Waals surface area contributed by atoms with E-state index in [2.05, 4.69) is 4.98 Å². The number of hydrogen-bond acceptors (Lipinski definition) is 5. The van der Waals surface area contributed by atoms with Crippen molar-refractivity contribution in [2.24, 2.45) is 7.05 Å². The van der Waals surface area contributed by atoms with Crippen LogP contribution in [0.3, 0.4) is 0 Å². The lowest BCUT2D eigenvalue weighted by Gasteiger charge is -2.06. The van der Waals surface area contributed by atoms with Gasteiger partial charge in [0.15, 0.2) is 0 Å². The molecular formula is C10H9N3O4. The van der Waals surface area contributed by atoms with Crippen molar-refractivity contribution >= 4 is 16.7 Å². The number of pyridine rings is 2. The number of aryl methyl sites for hydroxylation is 2. The molecule has 7 nitrogen and oxygen atoms in total. The van der Waals surface area contributed by atoms with E-state index in [1.54, 1.807) is 13.0 Å². The molecule has 0 saturated carbocycles. The number of nitro groups is 1. The molecule has 1 N–H and O–H groups in total. The Kier molecular flexibility index (Phi) is 2.31. The van der Waals surface area contributed by atoms with Gasteiger partial charge in [-0.25, -0.2) is 4.98 Å². The van der Waals surface area contributed by atoms with Crippen LogP contribution in [0.25, 0.3) is 11.0 Å². The van der Waals surface area contributed by atoms with Crippen molar-refractivity contribution in [3.05, 3.63) is 38.3 Å². The van der Waals surface area contributed by atoms with Gasteiger partial charge in [-0.05, 0) is 19.1 Å². The molecule has 2 aromatic heterocycles. The lowest BCUT2D eigenvalue weighted by Crippen LogP contribution is -2.21. The van der Waals surface area contributed by atoms with Gasteiger partial charge in [-0.3, -0.25) is 19.5 Å². The molecule has 0 aromatic carbocycles. The fraction of sp³-hybridized carbons (Fsp3) is 0.200. The lowest BCUT2D eigenvalue weighted by molar-refractivity contribution is -0.387. The zero-order valence-corrected chi connectivity index (χ0v) is 9.17. The molecule has 88 valence electrons. The topological polar surface area (TPSA) is 98.3 Å². The summed E-state index contributed by atoms with van der Waals surface area (Å²) in [5.74, 6) is -0.638. The first-order chi connectivity index (χ1) is 7.93. The number of fused-ring (bicyclic) bond motifs is 1. The third-order valence-electron chi connectivity index (χ3n) is 2.50. The molecule has 0 aliphatic carbocycles. The predicted octanol–water partition coefficient (Wildman–Crippen LogP) is 0.856. The molecule has 0 unspecified atom stereocenters. The summed E-state index contributed by atoms with van der Waals surface area (Å²) in [4.78, 5) is 25.6. The zero-order valence-electron chi connectivity index (χ0n) is 9.17. The Labute approximate surface area is 95.1 Å². The molecule has 0 fully saturated rings. The van der Waals surface area contributed by atoms with E-state index in [1.807, 2.05) is 0 Å². The molecule has 0 amide bonds. The van der Waals surface area contributed by atoms with Crippen LogP contribution in [0.15, 0.2) is 16.9 Å². The van der Waals surface area contributed by atoms with Crippen LogP contribution in [0.5, 0.6) is 5.75 Å². The molecule has 0 aliphatic rings. The summed E-state index contributed by atoms with van der Waals surface area (Å²) in [5.41, 5.74) is -0.831. The van der Waals surface area contributed by atoms with E-state index < -0.39 is 21.9 Å². The van der Waals surface area contributed by atoms with Crippen LogP contribution in [0.1, 0.15) is 5.69 Å². The minimum absolute atomic E-state index is 0.185. The fourth-order valence-electron chi connectivity index (χ4n) is 1.63. The van der Waals surface area contributed by atoms with Crippen molar-refractivity contribution in [2.75, 3.05) is 0 Å². The van der Waals surface area contributed by atoms with Crippen molar-refractivity contribution < 1.29 is 10.0 Å². The van der Waals surface area contributed by atoms with Crippen LogP contribution in [0, 0.1) is 17.0 Å². The van der Waals surface area contributed by atoms with Gasteiger partial charge >= 0.3 is 11.2 Å². The van der Waals surface area contributed by atoms with Gasteiger partial charge < -0.3 is 5.11 Å². The second-order valence-electron chi connectivity index (χ2n) is 3.64. The van der Waals surface area contributed by atoms with Crippen molar-refractivity contribution in [2.45, 2.75) is 6.92 Å². The molecule has 2 aromatic rings. The zero-order chi connectivity index (χ0) is 12.7. The van der Waals surface area contributed by atoms with Crippen molar-refractivity contribution in [1.29, 1.82) is 0 Å². The van der Waals surface area contributed by atoms with E-state index in [4.69, 9.17) is 0 Å². The highest BCUT2D eigenvalue weighted by atomic mass is 16.6. The summed E-state index contributed by atoms with van der Waals surface area (Å²) in [7, 11) is 1.38. The summed E-state index contributed by atoms with van der Waals surface area (Å²) in [5, 5.41) is 20.6. The van der Waals surface area contributed by atoms with Crippen molar-refractivity contribution in [3.8, 4) is 5.75 Å². The van der Waals surface area contributed by atoms with Gasteiger partial charge in [-0.1, -0.05) is 0 Å². The van der Waals surface area contributed by atoms with Crippen LogP contribution >= 0.6 is 0 Å². The maximum absolute atomic E-state index is 11.7. The van der Waals surface area contributed by atoms with Gasteiger partial charge in [0.1, 0.15) is 5.65 Å². The number of aromatic nitrogens is 2. The SMILES string of the molecule is Cc1ccc2c(O)c([N+](=O)[O-])c(=O)n(C)c2n1. The molecule has 7 heteroatoms. The highest BCUT2D eigenvalue weighted by molar-refractivity contribution is 5.85. The molecule has 0 spiro atoms. The smallest absolute Gasteiger partial charge is 0.375 e. The normalized spacial score (nSPS) is 10.7. The van der Waals surface area contributed by atoms with Crippen LogP contribution in [0.4, 0.5) is 5.69 Å². The molecule has 2 rings (SSSR count). The average Bonchev–Trinajstić information content (AvgIpc) is 2.25. The van der Waals surface area contributed by atoms with Gasteiger partial charge in [-0.2, -0.15) is 0 Å². The van der Waals surface area contributed by atoms with E-state index in [0.717, 1.165) is 4.57 Å². The van der Waals surface area contributed by atoms with Gasteiger partial charge in [0.25, 0.3) is 0 Å². The standard InChI is InChI=1S/C10H9N3O4/c1-5-3-4-6-8(14)7(13(16)17)10(15)12(2)9(6)11-5/h3-4,14H,1-2H3. The Morgan fingerprint density at radius 3 is 2.71 bits per heavy atom. The van der Waals surface area contributed by atoms with E-state index in [1.165, 1.54) is 13.1 Å². The second-order valence-corrected chi connectivity index (χ2v) is 3.64. The van der Waals surface area contributed by atoms with Crippen LogP contribution in [0.2, 0.25) is 0 Å². The van der Waals surface area contributed by atoms with Crippen LogP contribution < -0.4 is 5.56 Å². The molecule has 0 saturated heterocycles. The predicted molar refractivity (Wildman–Crippen MR) is 60.0 cm³/mol. The minimum Gasteiger partial charge on any atom is -0.501 e. The van der Waals surface area contributed by atoms with E-state index in [0.29, 0.717) is 5.69 Å². The summed E-state index contributed by atoms with van der Waals surface area (Å²) < 4.78 is 1.06. The summed E-state index contributed by atoms with van der Waals surface area (Å²) in [6, 6.07) is 3.11. The van der Waals surface area contributed by atoms with Gasteiger partial charge in [0.05, 0.1) is 10.3 Å². The summed E-state index contributed by atoms with van der Waals surface area (Å²) in [6.45, 7) is 1.72. The summed E-state index contributed by atoms with van der Waals surface area (Å²) >= 11 is 0. The molecular weight excluding hydrogens is 226 g/mol. The fourth-order valence-corrected chi connectivity index (χ4v) is 1.63. The third kappa shape index (κ3) is 1.52. The van der Waals surface area contributed by atoms with E-state index in [-0.39, 0.29) is 11.0 Å². The number of aromatic hydroxyl groups is 1. The number of hydrogen-bond donors (Lipinski definition) is 1. The molecule has 17 heavy (non-hydrogen) atoms. The highest BCUT2D eigenvalue weighted by Crippen LogP contribution is 2.29. The maximum Gasteiger partial charge on any atom is 0.375 e. The minimum atomic E-state index is -0.892. The first-order valence-corrected chi connectivity index (χ1v) is 4.77. The Balaban J connectivity index is 3.05. The van der Waals surface area contributed by atoms with Gasteiger partial charge in [0.2, 0.25) is 5.75 Å². The molecule has 0 radical (unpaired) electrons. The van der Waals surface area contributed by atoms with E-state index >= 15 is 0 Å². The highest BCUT2D eigenvalue weighted by Gasteiger charge is 2.24. The summed E-state index contributed by atoms with van der Waals surface area (Å²) in [6.07, 6.45) is 0. The molecule has 0 aliphatic heterocycles. The van der Waals surface area contributed by atoms with Gasteiger partial charge in [-0.15, -0.1) is 0 Å². The monoisotopic (exact) mass is 235 g/mol. The third-order valence-corrected chi connectivity index (χ3v) is 2.50. The van der Waals surface area contributed by atoms with E-state index in [9.17, 15) is 20.0 Å². The van der Waals surface area contributed by atoms with Crippen molar-refractivity contribution in [1.82, 2.24) is 9.55 Å². The molecule has 2 heterocycles. The Morgan fingerprint density at radius 2 is 2.12 bits per heavy atom. The second kappa shape index (κ2) is 3.55. The average molecular weight is 235 g/mol. The quantitative estimate of drug-likeness (QED) is 0.583. The Bertz CT molecular complexity index is 690. The Morgan fingerprint density at radius 1 is 1.47 bits per heavy atom. The van der Waals surface area contributed by atoms with Gasteiger partial charge in [0, 0.05) is 12.7 Å². The molecule has 0 atom stereocenters. The molecule has 0 bridgehead atoms.